The fourth-order valence-corrected chi connectivity index (χ4v) is 2.74. The third kappa shape index (κ3) is 6.75. The Morgan fingerprint density at radius 1 is 1.33 bits per heavy atom. The van der Waals surface area contributed by atoms with Crippen molar-refractivity contribution < 1.29 is 37.8 Å². The Labute approximate surface area is 140 Å². The summed E-state index contributed by atoms with van der Waals surface area (Å²) in [5.41, 5.74) is -0.0592. The van der Waals surface area contributed by atoms with Gasteiger partial charge in [0, 0.05) is 12.7 Å². The molecule has 0 fully saturated rings. The lowest BCUT2D eigenvalue weighted by Gasteiger charge is -2.16. The fraction of sp³-hybridized carbons (Fsp3) is 0.462. The summed E-state index contributed by atoms with van der Waals surface area (Å²) in [6.07, 6.45) is -0.323. The second kappa shape index (κ2) is 8.88. The molecule has 0 atom stereocenters. The summed E-state index contributed by atoms with van der Waals surface area (Å²) in [5.74, 6) is -1.24. The lowest BCUT2D eigenvalue weighted by molar-refractivity contribution is 0.0975. The molecule has 1 amide bonds. The molecule has 9 nitrogen and oxygen atoms in total. The highest BCUT2D eigenvalue weighted by Crippen LogP contribution is 2.26. The third-order valence-corrected chi connectivity index (χ3v) is 3.94. The number of amides is 1. The smallest absolute Gasteiger partial charge is 0.512 e. The summed E-state index contributed by atoms with van der Waals surface area (Å²) in [7, 11) is -5.94. The van der Waals surface area contributed by atoms with Gasteiger partial charge in [0.05, 0.1) is 17.4 Å². The Balaban J connectivity index is 3.05. The van der Waals surface area contributed by atoms with Crippen LogP contribution in [0.3, 0.4) is 0 Å². The number of ether oxygens (including phenoxy) is 1. The minimum absolute atomic E-state index is 0.000862. The van der Waals surface area contributed by atoms with Gasteiger partial charge in [0.2, 0.25) is 10.0 Å². The number of carbonyl (C=O) groups is 1. The minimum atomic E-state index is -3.89. The van der Waals surface area contributed by atoms with E-state index in [1.165, 1.54) is 18.2 Å². The first-order valence-electron chi connectivity index (χ1n) is 7.14. The van der Waals surface area contributed by atoms with Crippen molar-refractivity contribution in [2.45, 2.75) is 26.4 Å². The van der Waals surface area contributed by atoms with Crippen LogP contribution >= 0.6 is 0 Å². The monoisotopic (exact) mass is 361 g/mol. The number of nitrogens with one attached hydrogen (secondary N) is 1. The third-order valence-electron chi connectivity index (χ3n) is 2.62. The van der Waals surface area contributed by atoms with Crippen molar-refractivity contribution >= 4 is 23.3 Å². The van der Waals surface area contributed by atoms with Gasteiger partial charge < -0.3 is 24.5 Å². The molecule has 0 aliphatic carbocycles. The molecular weight excluding hydrogens is 341 g/mol. The van der Waals surface area contributed by atoms with Crippen molar-refractivity contribution in [3.05, 3.63) is 23.8 Å². The van der Waals surface area contributed by atoms with Gasteiger partial charge in [0.1, 0.15) is 11.5 Å². The molecule has 1 rings (SSSR count). The lowest BCUT2D eigenvalue weighted by Crippen LogP contribution is -2.33. The molecule has 24 heavy (non-hydrogen) atoms. The average molecular weight is 361 g/mol. The molecule has 4 N–H and O–H groups in total. The zero-order valence-corrected chi connectivity index (χ0v) is 14.1. The molecule has 0 aliphatic rings. The predicted molar refractivity (Wildman–Crippen MR) is 86.0 cm³/mol. The van der Waals surface area contributed by atoms with Crippen molar-refractivity contribution in [1.82, 2.24) is 4.72 Å². The molecule has 0 aliphatic heterocycles. The zero-order chi connectivity index (χ0) is 18.3. The van der Waals surface area contributed by atoms with Gasteiger partial charge in [-0.3, -0.25) is 4.79 Å². The van der Waals surface area contributed by atoms with E-state index >= 15 is 0 Å². The second-order valence-corrected chi connectivity index (χ2v) is 6.94. The number of aliphatic hydroxyl groups is 1. The van der Waals surface area contributed by atoms with Crippen LogP contribution in [-0.2, 0) is 10.0 Å². The average Bonchev–Trinajstić information content (AvgIpc) is 2.43. The number of benzene rings is 1. The molecule has 1 aromatic rings. The van der Waals surface area contributed by atoms with Crippen molar-refractivity contribution in [3.8, 4) is 11.5 Å². The van der Waals surface area contributed by atoms with Crippen LogP contribution in [0.25, 0.3) is 0 Å². The quantitative estimate of drug-likeness (QED) is 0.422. The Morgan fingerprint density at radius 3 is 2.54 bits per heavy atom. The van der Waals surface area contributed by atoms with E-state index in [0.29, 0.717) is 0 Å². The Kier molecular flexibility index (Phi) is 7.48. The topological polar surface area (TPSA) is 142 Å². The van der Waals surface area contributed by atoms with Gasteiger partial charge in [-0.2, -0.15) is 0 Å². The molecule has 0 aromatic heterocycles. The maximum atomic E-state index is 12.2. The van der Waals surface area contributed by atoms with Crippen molar-refractivity contribution in [2.75, 3.05) is 12.4 Å². The predicted octanol–water partition coefficient (Wildman–Crippen LogP) is -0.736. The zero-order valence-electron chi connectivity index (χ0n) is 13.3. The first kappa shape index (κ1) is 20.2. The van der Waals surface area contributed by atoms with Gasteiger partial charge in [-0.15, -0.1) is 0 Å². The number of rotatable bonds is 9. The summed E-state index contributed by atoms with van der Waals surface area (Å²) in [4.78, 5) is 12.2. The van der Waals surface area contributed by atoms with Crippen LogP contribution in [0.2, 0.25) is 0 Å². The second-order valence-electron chi connectivity index (χ2n) is 5.10. The first-order chi connectivity index (χ1) is 11.1. The summed E-state index contributed by atoms with van der Waals surface area (Å²) in [5, 5.41) is 26.3. The normalized spacial score (nSPS) is 11.2. The number of hydrogen-bond acceptors (Lipinski definition) is 8. The van der Waals surface area contributed by atoms with Crippen LogP contribution < -0.4 is 14.1 Å². The van der Waals surface area contributed by atoms with Gasteiger partial charge in [0.15, 0.2) is 0 Å². The Bertz CT molecular complexity index is 662. The molecule has 0 unspecified atom stereocenters. The summed E-state index contributed by atoms with van der Waals surface area (Å²) in [6.45, 7) is 3.09. The van der Waals surface area contributed by atoms with Crippen LogP contribution in [0.5, 0.6) is 11.5 Å². The van der Waals surface area contributed by atoms with E-state index in [9.17, 15) is 13.2 Å². The Hall–Kier alpha value is -1.82. The molecule has 11 heteroatoms. The summed E-state index contributed by atoms with van der Waals surface area (Å²) >= 11 is 0. The highest BCUT2D eigenvalue weighted by atomic mass is 32.2. The maximum Gasteiger partial charge on any atom is 0.707 e. The molecule has 1 aromatic carbocycles. The number of aliphatic hydroxyl groups excluding tert-OH is 1. The standard InChI is InChI=1S/C13H20BNO8S/c1-9(2)22-12-8-10(23-14(18)19)4-5-11(12)13(17)15-24(20,21)7-3-6-16/h4-5,8-9,16,18-19H,3,6-7H2,1-2H3,(H,15,17). The SMILES string of the molecule is CC(C)Oc1cc(OB(O)O)ccc1C(=O)NS(=O)(=O)CCCO. The van der Waals surface area contributed by atoms with Gasteiger partial charge >= 0.3 is 7.32 Å². The molecule has 0 radical (unpaired) electrons. The highest BCUT2D eigenvalue weighted by Gasteiger charge is 2.21. The Morgan fingerprint density at radius 2 is 2.00 bits per heavy atom. The van der Waals surface area contributed by atoms with Crippen molar-refractivity contribution in [1.29, 1.82) is 0 Å². The molecule has 0 saturated heterocycles. The van der Waals surface area contributed by atoms with E-state index in [1.807, 2.05) is 4.72 Å². The van der Waals surface area contributed by atoms with Gasteiger partial charge in [-0.25, -0.2) is 13.1 Å². The van der Waals surface area contributed by atoms with E-state index in [0.717, 1.165) is 0 Å². The van der Waals surface area contributed by atoms with Crippen LogP contribution in [0, 0.1) is 0 Å². The molecule has 0 heterocycles. The largest absolute Gasteiger partial charge is 0.707 e. The molecule has 0 saturated carbocycles. The summed E-state index contributed by atoms with van der Waals surface area (Å²) in [6, 6.07) is 3.75. The van der Waals surface area contributed by atoms with Crippen LogP contribution in [0.1, 0.15) is 30.6 Å². The van der Waals surface area contributed by atoms with Gasteiger partial charge in [-0.05, 0) is 32.4 Å². The minimum Gasteiger partial charge on any atom is -0.512 e. The molecule has 0 spiro atoms. The van der Waals surface area contributed by atoms with Crippen molar-refractivity contribution in [2.24, 2.45) is 0 Å². The molecular formula is C13H20BNO8S. The lowest BCUT2D eigenvalue weighted by atomic mass is 10.1. The number of carbonyl (C=O) groups excluding carboxylic acids is 1. The van der Waals surface area contributed by atoms with Crippen LogP contribution in [0.4, 0.5) is 0 Å². The van der Waals surface area contributed by atoms with E-state index < -0.39 is 29.0 Å². The van der Waals surface area contributed by atoms with Crippen LogP contribution in [-0.4, -0.2) is 55.3 Å². The first-order valence-corrected chi connectivity index (χ1v) is 8.79. The van der Waals surface area contributed by atoms with Crippen LogP contribution in [0.15, 0.2) is 18.2 Å². The number of sulfonamides is 1. The highest BCUT2D eigenvalue weighted by molar-refractivity contribution is 7.90. The number of hydrogen-bond donors (Lipinski definition) is 4. The van der Waals surface area contributed by atoms with E-state index in [1.54, 1.807) is 13.8 Å². The molecule has 134 valence electrons. The van der Waals surface area contributed by atoms with Gasteiger partial charge in [0.25, 0.3) is 5.91 Å². The van der Waals surface area contributed by atoms with Crippen molar-refractivity contribution in [3.63, 3.8) is 0 Å². The maximum absolute atomic E-state index is 12.2. The van der Waals surface area contributed by atoms with E-state index in [4.69, 9.17) is 19.9 Å². The van der Waals surface area contributed by atoms with E-state index in [-0.39, 0.29) is 36.2 Å². The van der Waals surface area contributed by atoms with E-state index in [2.05, 4.69) is 4.65 Å². The molecule has 0 bridgehead atoms. The summed E-state index contributed by atoms with van der Waals surface area (Å²) < 4.78 is 35.5. The van der Waals surface area contributed by atoms with Gasteiger partial charge in [-0.1, -0.05) is 0 Å². The fourth-order valence-electron chi connectivity index (χ4n) is 1.74.